The highest BCUT2D eigenvalue weighted by atomic mass is 16.5. The number of ether oxygens (including phenoxy) is 5. The van der Waals surface area contributed by atoms with Crippen molar-refractivity contribution in [2.75, 3.05) is 27.9 Å². The summed E-state index contributed by atoms with van der Waals surface area (Å²) in [5.74, 6) is 0.978. The molecule has 0 amide bonds. The van der Waals surface area contributed by atoms with E-state index in [9.17, 15) is 9.59 Å². The van der Waals surface area contributed by atoms with Gasteiger partial charge in [0.25, 0.3) is 0 Å². The first kappa shape index (κ1) is 27.5. The van der Waals surface area contributed by atoms with Gasteiger partial charge in [-0.3, -0.25) is 9.59 Å². The molecule has 0 bridgehead atoms. The minimum Gasteiger partial charge on any atom is -0.493 e. The Morgan fingerprint density at radius 1 is 0.974 bits per heavy atom. The standard InChI is InChI=1S/C32H32O7/c1-19(2)18-38-25-15-13-23-29(34)20(3)30(22-10-8-7-9-11-22)39-31(23)28(25)24(33)14-12-21-16-26(35-4)32(37-6)27(17-21)36-5/h7-17,20,30H,1,18H2,2-6H3/b14-12+. The van der Waals surface area contributed by atoms with E-state index in [1.165, 1.54) is 27.4 Å². The molecule has 0 saturated carbocycles. The molecule has 0 N–H and O–H groups in total. The predicted molar refractivity (Wildman–Crippen MR) is 150 cm³/mol. The molecule has 1 aliphatic heterocycles. The predicted octanol–water partition coefficient (Wildman–Crippen LogP) is 6.52. The zero-order chi connectivity index (χ0) is 28.1. The van der Waals surface area contributed by atoms with Crippen LogP contribution in [-0.2, 0) is 0 Å². The van der Waals surface area contributed by atoms with Crippen LogP contribution < -0.4 is 23.7 Å². The van der Waals surface area contributed by atoms with Gasteiger partial charge in [0.05, 0.1) is 32.8 Å². The number of rotatable bonds is 10. The lowest BCUT2D eigenvalue weighted by Crippen LogP contribution is -2.30. The van der Waals surface area contributed by atoms with Crippen molar-refractivity contribution in [3.63, 3.8) is 0 Å². The molecule has 0 aliphatic carbocycles. The van der Waals surface area contributed by atoms with Gasteiger partial charge in [0.2, 0.25) is 5.75 Å². The number of carbonyl (C=O) groups is 2. The van der Waals surface area contributed by atoms with Gasteiger partial charge in [-0.05, 0) is 54.0 Å². The Balaban J connectivity index is 1.79. The van der Waals surface area contributed by atoms with Crippen LogP contribution >= 0.6 is 0 Å². The monoisotopic (exact) mass is 528 g/mol. The SMILES string of the molecule is C=C(C)COc1ccc2c(c1C(=O)/C=C/c1cc(OC)c(OC)c(OC)c1)OC(c1ccccc1)C(C)C2=O. The number of allylic oxidation sites excluding steroid dienone is 1. The van der Waals surface area contributed by atoms with Crippen LogP contribution in [0.4, 0.5) is 0 Å². The van der Waals surface area contributed by atoms with Gasteiger partial charge in [-0.25, -0.2) is 0 Å². The smallest absolute Gasteiger partial charge is 0.203 e. The molecule has 0 fully saturated rings. The van der Waals surface area contributed by atoms with Crippen LogP contribution in [0.5, 0.6) is 28.7 Å². The van der Waals surface area contributed by atoms with E-state index in [2.05, 4.69) is 6.58 Å². The van der Waals surface area contributed by atoms with Crippen LogP contribution in [0.2, 0.25) is 0 Å². The molecule has 202 valence electrons. The number of ketones is 2. The summed E-state index contributed by atoms with van der Waals surface area (Å²) in [5.41, 5.74) is 2.82. The molecule has 0 saturated heterocycles. The fourth-order valence-electron chi connectivity index (χ4n) is 4.50. The van der Waals surface area contributed by atoms with E-state index >= 15 is 0 Å². The number of hydrogen-bond acceptors (Lipinski definition) is 7. The van der Waals surface area contributed by atoms with Gasteiger partial charge in [0, 0.05) is 0 Å². The van der Waals surface area contributed by atoms with E-state index < -0.39 is 12.0 Å². The second kappa shape index (κ2) is 11.9. The maximum atomic E-state index is 13.8. The third kappa shape index (κ3) is 5.67. The maximum Gasteiger partial charge on any atom is 0.203 e. The Hall–Kier alpha value is -4.52. The van der Waals surface area contributed by atoms with E-state index in [0.29, 0.717) is 34.1 Å². The average molecular weight is 529 g/mol. The molecule has 4 rings (SSSR count). The highest BCUT2D eigenvalue weighted by Crippen LogP contribution is 2.44. The number of Topliss-reactive ketones (excluding diaryl/α,β-unsaturated/α-hetero) is 1. The summed E-state index contributed by atoms with van der Waals surface area (Å²) in [4.78, 5) is 27.2. The summed E-state index contributed by atoms with van der Waals surface area (Å²) >= 11 is 0. The zero-order valence-electron chi connectivity index (χ0n) is 22.8. The minimum absolute atomic E-state index is 0.0980. The van der Waals surface area contributed by atoms with Crippen molar-refractivity contribution < 1.29 is 33.3 Å². The molecule has 7 heteroatoms. The number of hydrogen-bond donors (Lipinski definition) is 0. The van der Waals surface area contributed by atoms with Crippen molar-refractivity contribution >= 4 is 17.6 Å². The zero-order valence-corrected chi connectivity index (χ0v) is 22.8. The number of fused-ring (bicyclic) bond motifs is 1. The highest BCUT2D eigenvalue weighted by molar-refractivity contribution is 6.14. The van der Waals surface area contributed by atoms with Crippen molar-refractivity contribution in [3.05, 3.63) is 95.1 Å². The van der Waals surface area contributed by atoms with Gasteiger partial charge in [0.15, 0.2) is 23.1 Å². The molecule has 2 atom stereocenters. The summed E-state index contributed by atoms with van der Waals surface area (Å²) in [6.07, 6.45) is 2.50. The molecule has 39 heavy (non-hydrogen) atoms. The van der Waals surface area contributed by atoms with Crippen molar-refractivity contribution in [2.24, 2.45) is 5.92 Å². The second-order valence-corrected chi connectivity index (χ2v) is 9.32. The summed E-state index contributed by atoms with van der Waals surface area (Å²) in [6.45, 7) is 7.76. The summed E-state index contributed by atoms with van der Waals surface area (Å²) in [7, 11) is 4.57. The molecule has 1 heterocycles. The topological polar surface area (TPSA) is 80.3 Å². The van der Waals surface area contributed by atoms with E-state index in [1.54, 1.807) is 30.3 Å². The normalized spacial score (nSPS) is 16.3. The molecular weight excluding hydrogens is 496 g/mol. The van der Waals surface area contributed by atoms with Crippen molar-refractivity contribution in [1.29, 1.82) is 0 Å². The largest absolute Gasteiger partial charge is 0.493 e. The van der Waals surface area contributed by atoms with Gasteiger partial charge in [-0.15, -0.1) is 0 Å². The number of methoxy groups -OCH3 is 3. The third-order valence-corrected chi connectivity index (χ3v) is 6.46. The van der Waals surface area contributed by atoms with Crippen molar-refractivity contribution in [3.8, 4) is 28.7 Å². The first-order chi connectivity index (χ1) is 18.8. The molecule has 2 unspecified atom stereocenters. The van der Waals surface area contributed by atoms with Crippen LogP contribution in [0.3, 0.4) is 0 Å². The first-order valence-electron chi connectivity index (χ1n) is 12.5. The van der Waals surface area contributed by atoms with Gasteiger partial charge >= 0.3 is 0 Å². The van der Waals surface area contributed by atoms with Crippen LogP contribution in [0.15, 0.2) is 72.8 Å². The molecule has 3 aromatic carbocycles. The van der Waals surface area contributed by atoms with E-state index in [-0.39, 0.29) is 29.5 Å². The summed E-state index contributed by atoms with van der Waals surface area (Å²) in [6, 6.07) is 16.3. The molecule has 0 spiro atoms. The number of carbonyl (C=O) groups excluding carboxylic acids is 2. The fourth-order valence-corrected chi connectivity index (χ4v) is 4.50. The van der Waals surface area contributed by atoms with E-state index in [0.717, 1.165) is 11.1 Å². The Bertz CT molecular complexity index is 1400. The van der Waals surface area contributed by atoms with Crippen molar-refractivity contribution in [1.82, 2.24) is 0 Å². The lowest BCUT2D eigenvalue weighted by atomic mass is 9.85. The Morgan fingerprint density at radius 2 is 1.64 bits per heavy atom. The number of benzene rings is 3. The highest BCUT2D eigenvalue weighted by Gasteiger charge is 2.38. The van der Waals surface area contributed by atoms with E-state index in [1.807, 2.05) is 44.2 Å². The first-order valence-corrected chi connectivity index (χ1v) is 12.5. The molecule has 0 aromatic heterocycles. The fraction of sp³-hybridized carbons (Fsp3) is 0.250. The quantitative estimate of drug-likeness (QED) is 0.168. The lowest BCUT2D eigenvalue weighted by Gasteiger charge is -2.32. The second-order valence-electron chi connectivity index (χ2n) is 9.32. The molecule has 3 aromatic rings. The third-order valence-electron chi connectivity index (χ3n) is 6.46. The van der Waals surface area contributed by atoms with Crippen LogP contribution in [0.1, 0.15) is 51.8 Å². The van der Waals surface area contributed by atoms with Crippen LogP contribution in [0, 0.1) is 5.92 Å². The minimum atomic E-state index is -0.548. The van der Waals surface area contributed by atoms with Crippen molar-refractivity contribution in [2.45, 2.75) is 20.0 Å². The van der Waals surface area contributed by atoms with Crippen LogP contribution in [-0.4, -0.2) is 39.5 Å². The summed E-state index contributed by atoms with van der Waals surface area (Å²) in [5, 5.41) is 0. The average Bonchev–Trinajstić information content (AvgIpc) is 2.95. The molecular formula is C32H32O7. The van der Waals surface area contributed by atoms with Gasteiger partial charge < -0.3 is 23.7 Å². The lowest BCUT2D eigenvalue weighted by molar-refractivity contribution is 0.0684. The molecule has 1 aliphatic rings. The Kier molecular flexibility index (Phi) is 8.39. The van der Waals surface area contributed by atoms with Gasteiger partial charge in [-0.2, -0.15) is 0 Å². The maximum absolute atomic E-state index is 13.8. The Labute approximate surface area is 228 Å². The Morgan fingerprint density at radius 3 is 2.23 bits per heavy atom. The molecule has 0 radical (unpaired) electrons. The molecule has 7 nitrogen and oxygen atoms in total. The van der Waals surface area contributed by atoms with E-state index in [4.69, 9.17) is 23.7 Å². The summed E-state index contributed by atoms with van der Waals surface area (Å²) < 4.78 is 28.6. The van der Waals surface area contributed by atoms with Gasteiger partial charge in [-0.1, -0.05) is 49.9 Å². The van der Waals surface area contributed by atoms with Gasteiger partial charge in [0.1, 0.15) is 29.8 Å². The van der Waals surface area contributed by atoms with Crippen LogP contribution in [0.25, 0.3) is 6.08 Å².